The van der Waals surface area contributed by atoms with Gasteiger partial charge in [0.15, 0.2) is 0 Å². The molecule has 0 saturated heterocycles. The molecule has 0 aliphatic carbocycles. The van der Waals surface area contributed by atoms with Gasteiger partial charge in [0.05, 0.1) is 0 Å². The number of nitrogens with two attached hydrogens (primary N) is 1. The first kappa shape index (κ1) is 50.8. The monoisotopic (exact) mass is 530 g/mol. The second kappa shape index (κ2) is 63.3. The molecular weight excluding hydrogens is 482 g/mol. The molecule has 0 atom stereocenters. The van der Waals surface area contributed by atoms with E-state index in [0.29, 0.717) is 0 Å². The van der Waals surface area contributed by atoms with Crippen LogP contribution in [0.25, 0.3) is 0 Å². The van der Waals surface area contributed by atoms with Crippen LogP contribution in [0, 0.1) is 14.1 Å². The van der Waals surface area contributed by atoms with Gasteiger partial charge in [-0.1, -0.05) is 20.8 Å². The molecule has 2 radical (unpaired) electrons. The summed E-state index contributed by atoms with van der Waals surface area (Å²) in [6, 6.07) is 0. The second-order valence-electron chi connectivity index (χ2n) is 4.58. The zero-order valence-electron chi connectivity index (χ0n) is 19.6. The van der Waals surface area contributed by atoms with Crippen molar-refractivity contribution >= 4 is 5.91 Å². The van der Waals surface area contributed by atoms with Crippen LogP contribution in [0.2, 0.25) is 0 Å². The molecule has 0 bridgehead atoms. The molecule has 9 heteroatoms. The van der Waals surface area contributed by atoms with E-state index in [0.717, 1.165) is 19.6 Å². The summed E-state index contributed by atoms with van der Waals surface area (Å²) in [6.45, 7) is 11.1. The molecule has 0 unspecified atom stereocenters. The minimum atomic E-state index is 0. The minimum absolute atomic E-state index is 0. The van der Waals surface area contributed by atoms with Gasteiger partial charge in [-0.25, -0.2) is 0 Å². The average Bonchev–Trinajstić information content (AvgIpc) is 2.58. The Bertz CT molecular complexity index is 169. The van der Waals surface area contributed by atoms with Crippen LogP contribution < -0.4 is 21.7 Å². The molecule has 7 nitrogen and oxygen atoms in total. The van der Waals surface area contributed by atoms with Gasteiger partial charge >= 0.3 is 0 Å². The Labute approximate surface area is 216 Å². The SMILES string of the molecule is CC(=O)N(C)C.CCN(C)C.CCNC.CCNC.[CH2-]N.[CH2-]NC.[Y].[Y]. The van der Waals surface area contributed by atoms with Gasteiger partial charge in [0, 0.05) is 86.4 Å². The van der Waals surface area contributed by atoms with Gasteiger partial charge < -0.3 is 31.5 Å². The molecule has 0 aliphatic rings. The number of rotatable bonds is 3. The molecule has 0 heterocycles. The molecular formula is C17H48N6OY2-2. The Balaban J connectivity index is -0.0000000253. The number of nitrogens with one attached hydrogen (secondary N) is 3. The molecule has 0 aromatic rings. The van der Waals surface area contributed by atoms with Gasteiger partial charge in [-0.2, -0.15) is 0 Å². The van der Waals surface area contributed by atoms with Crippen molar-refractivity contribution in [1.82, 2.24) is 25.8 Å². The molecule has 0 aromatic heterocycles. The largest absolute Gasteiger partial charge is 0.486 e. The fraction of sp³-hybridized carbons (Fsp3) is 0.824. The van der Waals surface area contributed by atoms with Gasteiger partial charge in [0.25, 0.3) is 0 Å². The van der Waals surface area contributed by atoms with Crippen molar-refractivity contribution in [3.05, 3.63) is 14.1 Å². The number of amides is 1. The van der Waals surface area contributed by atoms with Crippen LogP contribution in [0.15, 0.2) is 0 Å². The van der Waals surface area contributed by atoms with Gasteiger partial charge in [-0.05, 0) is 54.9 Å². The van der Waals surface area contributed by atoms with Gasteiger partial charge in [-0.3, -0.25) is 18.9 Å². The fourth-order valence-electron chi connectivity index (χ4n) is 0. The fourth-order valence-corrected chi connectivity index (χ4v) is 0. The molecule has 0 rings (SSSR count). The van der Waals surface area contributed by atoms with E-state index >= 15 is 0 Å². The summed E-state index contributed by atoms with van der Waals surface area (Å²) in [5, 5.41) is 8.36. The van der Waals surface area contributed by atoms with Crippen molar-refractivity contribution in [2.75, 3.05) is 69.0 Å². The molecule has 160 valence electrons. The summed E-state index contributed by atoms with van der Waals surface area (Å²) in [5.74, 6) is 0.0926. The standard InChI is InChI=1S/C4H9NO.C4H11N.2C3H9N.C2H6N.CH4N.2Y/c1-4(6)5(2)3;1-4-5(2)3;2*1-3-4-2;1-3-2;1-2;;/h1-3H3;4H2,1-3H3;2*4H,3H2,1-2H3;3H,1H2,2H3;1-2H2;;/q;;;;2*-1;;. The van der Waals surface area contributed by atoms with Crippen molar-refractivity contribution in [1.29, 1.82) is 0 Å². The van der Waals surface area contributed by atoms with Crippen LogP contribution >= 0.6 is 0 Å². The van der Waals surface area contributed by atoms with Gasteiger partial charge in [0.1, 0.15) is 0 Å². The molecule has 0 aromatic carbocycles. The van der Waals surface area contributed by atoms with E-state index in [9.17, 15) is 4.79 Å². The summed E-state index contributed by atoms with van der Waals surface area (Å²) in [5.41, 5.74) is 4.25. The number of hydrogen-bond donors (Lipinski definition) is 4. The molecule has 0 aliphatic heterocycles. The summed E-state index contributed by atoms with van der Waals surface area (Å²) in [7, 11) is 19.2. The first-order valence-corrected chi connectivity index (χ1v) is 8.12. The van der Waals surface area contributed by atoms with Gasteiger partial charge in [0.2, 0.25) is 5.91 Å². The number of carbonyl (C=O) groups excluding carboxylic acids is 1. The number of nitrogens with zero attached hydrogens (tertiary/aromatic N) is 2. The predicted molar refractivity (Wildman–Crippen MR) is 112 cm³/mol. The van der Waals surface area contributed by atoms with Crippen LogP contribution in [-0.4, -0.2) is 84.7 Å². The molecule has 0 fully saturated rings. The zero-order chi connectivity index (χ0) is 21.0. The van der Waals surface area contributed by atoms with E-state index < -0.39 is 0 Å². The molecule has 5 N–H and O–H groups in total. The number of carbonyl (C=O) groups is 1. The smallest absolute Gasteiger partial charge is 0.218 e. The Kier molecular flexibility index (Phi) is 124. The molecule has 0 saturated carbocycles. The molecule has 0 spiro atoms. The van der Waals surface area contributed by atoms with Crippen molar-refractivity contribution in [2.45, 2.75) is 27.7 Å². The van der Waals surface area contributed by atoms with Crippen LogP contribution in [0.5, 0.6) is 0 Å². The van der Waals surface area contributed by atoms with E-state index in [4.69, 9.17) is 0 Å². The summed E-state index contributed by atoms with van der Waals surface area (Å²) in [6.07, 6.45) is 0. The predicted octanol–water partition coefficient (Wildman–Crippen LogP) is 0.843. The van der Waals surface area contributed by atoms with Crippen molar-refractivity contribution in [3.63, 3.8) is 0 Å². The third-order valence-electron chi connectivity index (χ3n) is 1.97. The first-order valence-electron chi connectivity index (χ1n) is 8.12. The maximum absolute atomic E-state index is 10.1. The Morgan fingerprint density at radius 1 is 0.885 bits per heavy atom. The number of hydrogen-bond acceptors (Lipinski definition) is 6. The van der Waals surface area contributed by atoms with Crippen molar-refractivity contribution in [2.24, 2.45) is 5.73 Å². The van der Waals surface area contributed by atoms with E-state index in [1.807, 2.05) is 14.1 Å². The molecule has 26 heavy (non-hydrogen) atoms. The van der Waals surface area contributed by atoms with Crippen LogP contribution in [0.3, 0.4) is 0 Å². The summed E-state index contributed by atoms with van der Waals surface area (Å²) >= 11 is 0. The van der Waals surface area contributed by atoms with Crippen LogP contribution in [0.4, 0.5) is 0 Å². The van der Waals surface area contributed by atoms with Crippen molar-refractivity contribution < 1.29 is 70.2 Å². The van der Waals surface area contributed by atoms with E-state index in [-0.39, 0.29) is 71.3 Å². The zero-order valence-corrected chi connectivity index (χ0v) is 25.2. The van der Waals surface area contributed by atoms with Crippen molar-refractivity contribution in [3.8, 4) is 0 Å². The quantitative estimate of drug-likeness (QED) is 0.405. The third-order valence-corrected chi connectivity index (χ3v) is 1.97. The second-order valence-corrected chi connectivity index (χ2v) is 4.58. The van der Waals surface area contributed by atoms with E-state index in [2.05, 4.69) is 75.5 Å². The van der Waals surface area contributed by atoms with E-state index in [1.54, 1.807) is 21.1 Å². The third kappa shape index (κ3) is 170. The first-order chi connectivity index (χ1) is 11.2. The maximum atomic E-state index is 10.1. The van der Waals surface area contributed by atoms with Gasteiger partial charge in [-0.15, -0.1) is 0 Å². The maximum Gasteiger partial charge on any atom is 0.218 e. The van der Waals surface area contributed by atoms with Crippen LogP contribution in [-0.2, 0) is 70.2 Å². The van der Waals surface area contributed by atoms with Crippen LogP contribution in [0.1, 0.15) is 27.7 Å². The minimum Gasteiger partial charge on any atom is -0.486 e. The summed E-state index contributed by atoms with van der Waals surface area (Å²) < 4.78 is 0. The average molecular weight is 530 g/mol. The topological polar surface area (TPSA) is 85.7 Å². The van der Waals surface area contributed by atoms with E-state index in [1.165, 1.54) is 11.8 Å². The summed E-state index contributed by atoms with van der Waals surface area (Å²) in [4.78, 5) is 13.7. The Morgan fingerprint density at radius 2 is 1.00 bits per heavy atom. The Hall–Kier alpha value is 1.48. The normalized spacial score (nSPS) is 6.88. The molecule has 1 amide bonds. The Morgan fingerprint density at radius 3 is 1.00 bits per heavy atom.